The lowest BCUT2D eigenvalue weighted by Gasteiger charge is -2.31. The van der Waals surface area contributed by atoms with Crippen LogP contribution in [0.1, 0.15) is 28.8 Å². The molecule has 2 aromatic carbocycles. The molecule has 156 valence electrons. The van der Waals surface area contributed by atoms with Crippen molar-refractivity contribution in [3.63, 3.8) is 0 Å². The van der Waals surface area contributed by atoms with Crippen LogP contribution < -0.4 is 10.7 Å². The molecule has 2 N–H and O–H groups in total. The molecule has 0 bridgehead atoms. The molecule has 30 heavy (non-hydrogen) atoms. The highest BCUT2D eigenvalue weighted by Crippen LogP contribution is 2.15. The first kappa shape index (κ1) is 21.0. The van der Waals surface area contributed by atoms with Gasteiger partial charge in [-0.3, -0.25) is 19.8 Å². The van der Waals surface area contributed by atoms with E-state index in [-0.39, 0.29) is 18.7 Å². The van der Waals surface area contributed by atoms with Gasteiger partial charge in [-0.2, -0.15) is 0 Å². The minimum atomic E-state index is -1.09. The molecule has 0 unspecified atom stereocenters. The van der Waals surface area contributed by atoms with Gasteiger partial charge < -0.3 is 10.1 Å². The second-order valence-corrected chi connectivity index (χ2v) is 6.90. The number of methoxy groups -OCH3 is 1. The number of rotatable bonds is 6. The van der Waals surface area contributed by atoms with Crippen molar-refractivity contribution in [2.24, 2.45) is 0 Å². The quantitative estimate of drug-likeness (QED) is 0.551. The lowest BCUT2D eigenvalue weighted by molar-refractivity contribution is -0.148. The fraction of sp³-hybridized carbons (Fsp3) is 0.273. The van der Waals surface area contributed by atoms with Crippen LogP contribution >= 0.6 is 0 Å². The van der Waals surface area contributed by atoms with Crippen LogP contribution in [0, 0.1) is 0 Å². The summed E-state index contributed by atoms with van der Waals surface area (Å²) in [5, 5.41) is 3.57. The van der Waals surface area contributed by atoms with Crippen LogP contribution in [0.4, 0.5) is 0 Å². The van der Waals surface area contributed by atoms with Gasteiger partial charge in [-0.05, 0) is 24.1 Å². The Hall–Kier alpha value is -3.68. The number of carbonyl (C=O) groups is 4. The fourth-order valence-electron chi connectivity index (χ4n) is 3.25. The van der Waals surface area contributed by atoms with Crippen molar-refractivity contribution >= 4 is 23.7 Å². The smallest absolute Gasteiger partial charge is 0.331 e. The van der Waals surface area contributed by atoms with Gasteiger partial charge >= 0.3 is 5.97 Å². The van der Waals surface area contributed by atoms with Crippen molar-refractivity contribution < 1.29 is 23.9 Å². The molecule has 1 heterocycles. The molecule has 8 nitrogen and oxygen atoms in total. The second kappa shape index (κ2) is 9.69. The van der Waals surface area contributed by atoms with Gasteiger partial charge in [-0.25, -0.2) is 9.80 Å². The van der Waals surface area contributed by atoms with E-state index in [1.807, 2.05) is 30.3 Å². The molecule has 3 rings (SSSR count). The van der Waals surface area contributed by atoms with E-state index >= 15 is 0 Å². The number of carbonyl (C=O) groups excluding carboxylic acids is 4. The zero-order chi connectivity index (χ0) is 21.5. The molecule has 0 spiro atoms. The first-order chi connectivity index (χ1) is 14.5. The van der Waals surface area contributed by atoms with E-state index in [9.17, 15) is 19.2 Å². The summed E-state index contributed by atoms with van der Waals surface area (Å²) in [4.78, 5) is 50.1. The predicted molar refractivity (Wildman–Crippen MR) is 108 cm³/mol. The van der Waals surface area contributed by atoms with E-state index in [1.54, 1.807) is 30.3 Å². The number of benzene rings is 2. The van der Waals surface area contributed by atoms with E-state index in [0.29, 0.717) is 12.0 Å². The zero-order valence-electron chi connectivity index (χ0n) is 16.5. The Bertz CT molecular complexity index is 917. The van der Waals surface area contributed by atoms with E-state index in [2.05, 4.69) is 10.7 Å². The van der Waals surface area contributed by atoms with Gasteiger partial charge in [0.15, 0.2) is 6.04 Å². The van der Waals surface area contributed by atoms with Crippen LogP contribution in [0.15, 0.2) is 60.7 Å². The molecule has 2 aromatic rings. The van der Waals surface area contributed by atoms with Crippen molar-refractivity contribution in [1.82, 2.24) is 15.8 Å². The highest BCUT2D eigenvalue weighted by atomic mass is 16.5. The lowest BCUT2D eigenvalue weighted by atomic mass is 10.0. The van der Waals surface area contributed by atoms with E-state index < -0.39 is 29.9 Å². The molecule has 1 saturated heterocycles. The van der Waals surface area contributed by atoms with Gasteiger partial charge in [0.2, 0.25) is 5.91 Å². The minimum absolute atomic E-state index is 0.142. The Morgan fingerprint density at radius 3 is 2.30 bits per heavy atom. The van der Waals surface area contributed by atoms with E-state index in [4.69, 9.17) is 4.74 Å². The van der Waals surface area contributed by atoms with Crippen molar-refractivity contribution in [1.29, 1.82) is 0 Å². The summed E-state index contributed by atoms with van der Waals surface area (Å²) in [6.45, 7) is 0. The molecular formula is C22H23N3O5. The number of hydrogen-bond donors (Lipinski definition) is 2. The van der Waals surface area contributed by atoms with Crippen LogP contribution in [0.3, 0.4) is 0 Å². The van der Waals surface area contributed by atoms with Gasteiger partial charge in [0.1, 0.15) is 6.04 Å². The number of hydrazine groups is 1. The summed E-state index contributed by atoms with van der Waals surface area (Å²) in [5.41, 5.74) is 3.64. The van der Waals surface area contributed by atoms with Crippen LogP contribution in [0.25, 0.3) is 0 Å². The molecule has 1 fully saturated rings. The largest absolute Gasteiger partial charge is 0.467 e. The van der Waals surface area contributed by atoms with Crippen molar-refractivity contribution in [3.05, 3.63) is 71.8 Å². The molecule has 0 aromatic heterocycles. The SMILES string of the molecule is COC(=O)[C@H](Cc1ccccc1)N(NC(=O)[C@@H]1CCC(=O)N1)C(=O)c1ccccc1. The molecule has 3 amide bonds. The number of nitrogens with one attached hydrogen (secondary N) is 2. The average Bonchev–Trinajstić information content (AvgIpc) is 3.22. The van der Waals surface area contributed by atoms with Crippen LogP contribution in [0.5, 0.6) is 0 Å². The number of nitrogens with zero attached hydrogens (tertiary/aromatic N) is 1. The first-order valence-electron chi connectivity index (χ1n) is 9.60. The van der Waals surface area contributed by atoms with Crippen molar-refractivity contribution in [2.45, 2.75) is 31.3 Å². The van der Waals surface area contributed by atoms with Crippen LogP contribution in [0.2, 0.25) is 0 Å². The molecule has 8 heteroatoms. The standard InChI is InChI=1S/C22H23N3O5/c1-30-22(29)18(14-15-8-4-2-5-9-15)25(21(28)16-10-6-3-7-11-16)24-20(27)17-12-13-19(26)23-17/h2-11,17-18H,12-14H2,1H3,(H,23,26)(H,24,27)/t17-,18-/m0/s1. The monoisotopic (exact) mass is 409 g/mol. The summed E-state index contributed by atoms with van der Waals surface area (Å²) in [5.74, 6) is -2.02. The number of hydrogen-bond acceptors (Lipinski definition) is 5. The Morgan fingerprint density at radius 1 is 1.10 bits per heavy atom. The molecule has 2 atom stereocenters. The highest BCUT2D eigenvalue weighted by molar-refractivity contribution is 5.99. The summed E-state index contributed by atoms with van der Waals surface area (Å²) in [7, 11) is 1.23. The van der Waals surface area contributed by atoms with Crippen LogP contribution in [-0.2, 0) is 25.5 Å². The number of esters is 1. The first-order valence-corrected chi connectivity index (χ1v) is 9.60. The Balaban J connectivity index is 1.92. The lowest BCUT2D eigenvalue weighted by Crippen LogP contribution is -2.58. The summed E-state index contributed by atoms with van der Waals surface area (Å²) in [6.07, 6.45) is 0.693. The van der Waals surface area contributed by atoms with Gasteiger partial charge in [0, 0.05) is 18.4 Å². The van der Waals surface area contributed by atoms with Gasteiger partial charge in [-0.15, -0.1) is 0 Å². The maximum atomic E-state index is 13.2. The summed E-state index contributed by atoms with van der Waals surface area (Å²) < 4.78 is 4.92. The average molecular weight is 409 g/mol. The molecule has 0 saturated carbocycles. The highest BCUT2D eigenvalue weighted by Gasteiger charge is 2.36. The zero-order valence-corrected chi connectivity index (χ0v) is 16.5. The third-order valence-electron chi connectivity index (χ3n) is 4.84. The molecule has 0 aliphatic carbocycles. The van der Waals surface area contributed by atoms with E-state index in [1.165, 1.54) is 7.11 Å². The summed E-state index contributed by atoms with van der Waals surface area (Å²) >= 11 is 0. The van der Waals surface area contributed by atoms with Crippen molar-refractivity contribution in [3.8, 4) is 0 Å². The Labute approximate surface area is 174 Å². The molecule has 0 radical (unpaired) electrons. The normalized spacial score (nSPS) is 16.3. The number of ether oxygens (including phenoxy) is 1. The minimum Gasteiger partial charge on any atom is -0.467 e. The predicted octanol–water partition coefficient (Wildman–Crippen LogP) is 1.22. The van der Waals surface area contributed by atoms with E-state index in [0.717, 1.165) is 10.6 Å². The second-order valence-electron chi connectivity index (χ2n) is 6.90. The molecule has 1 aliphatic rings. The van der Waals surface area contributed by atoms with Crippen LogP contribution in [-0.4, -0.2) is 47.9 Å². The third-order valence-corrected chi connectivity index (χ3v) is 4.84. The van der Waals surface area contributed by atoms with Crippen molar-refractivity contribution in [2.75, 3.05) is 7.11 Å². The molecule has 1 aliphatic heterocycles. The number of amides is 3. The maximum absolute atomic E-state index is 13.2. The van der Waals surface area contributed by atoms with Gasteiger partial charge in [0.05, 0.1) is 7.11 Å². The maximum Gasteiger partial charge on any atom is 0.331 e. The third kappa shape index (κ3) is 5.02. The Kier molecular flexibility index (Phi) is 6.79. The van der Waals surface area contributed by atoms with Gasteiger partial charge in [-0.1, -0.05) is 48.5 Å². The topological polar surface area (TPSA) is 105 Å². The summed E-state index contributed by atoms with van der Waals surface area (Å²) in [6, 6.07) is 15.6. The molecular weight excluding hydrogens is 386 g/mol. The van der Waals surface area contributed by atoms with Gasteiger partial charge in [0.25, 0.3) is 11.8 Å². The fourth-order valence-corrected chi connectivity index (χ4v) is 3.25. The Morgan fingerprint density at radius 2 is 1.73 bits per heavy atom.